The summed E-state index contributed by atoms with van der Waals surface area (Å²) in [6, 6.07) is 0.339. The molecule has 3 nitrogen and oxygen atoms in total. The Morgan fingerprint density at radius 3 is 2.95 bits per heavy atom. The molecule has 0 aromatic carbocycles. The van der Waals surface area contributed by atoms with E-state index >= 15 is 0 Å². The Labute approximate surface area is 114 Å². The molecule has 1 aliphatic carbocycles. The van der Waals surface area contributed by atoms with Crippen LogP contribution in [0.4, 0.5) is 13.2 Å². The Morgan fingerprint density at radius 1 is 1.47 bits per heavy atom. The lowest BCUT2D eigenvalue weighted by Crippen LogP contribution is -2.19. The third-order valence-corrected chi connectivity index (χ3v) is 4.34. The number of halogens is 3. The lowest BCUT2D eigenvalue weighted by atomic mass is 9.98. The molecule has 1 unspecified atom stereocenters. The van der Waals surface area contributed by atoms with Gasteiger partial charge >= 0.3 is 6.18 Å². The van der Waals surface area contributed by atoms with Crippen molar-refractivity contribution >= 4 is 11.3 Å². The van der Waals surface area contributed by atoms with Gasteiger partial charge in [-0.1, -0.05) is 0 Å². The van der Waals surface area contributed by atoms with Crippen molar-refractivity contribution in [1.29, 1.82) is 0 Å². The van der Waals surface area contributed by atoms with Gasteiger partial charge in [-0.05, 0) is 26.3 Å². The molecule has 0 amide bonds. The first-order chi connectivity index (χ1) is 8.99. The van der Waals surface area contributed by atoms with Crippen LogP contribution in [0.15, 0.2) is 0 Å². The molecular formula is C12H17F3N2OS. The highest BCUT2D eigenvalue weighted by Gasteiger charge is 2.27. The Bertz CT molecular complexity index is 420. The lowest BCUT2D eigenvalue weighted by Gasteiger charge is -2.20. The molecule has 1 aromatic heterocycles. The summed E-state index contributed by atoms with van der Waals surface area (Å²) in [5, 5.41) is 4.12. The highest BCUT2D eigenvalue weighted by molar-refractivity contribution is 7.11. The molecule has 0 aliphatic heterocycles. The number of nitrogens with one attached hydrogen (secondary N) is 1. The first kappa shape index (κ1) is 14.7. The maximum absolute atomic E-state index is 11.9. The summed E-state index contributed by atoms with van der Waals surface area (Å²) in [6.07, 6.45) is -0.640. The van der Waals surface area contributed by atoms with Gasteiger partial charge in [-0.2, -0.15) is 13.2 Å². The zero-order chi connectivity index (χ0) is 13.9. The summed E-state index contributed by atoms with van der Waals surface area (Å²) in [6.45, 7) is -1.12. The number of fused-ring (bicyclic) bond motifs is 1. The molecule has 1 heterocycles. The topological polar surface area (TPSA) is 34.2 Å². The predicted molar refractivity (Wildman–Crippen MR) is 67.4 cm³/mol. The summed E-state index contributed by atoms with van der Waals surface area (Å²) in [7, 11) is 1.92. The normalized spacial score (nSPS) is 19.5. The lowest BCUT2D eigenvalue weighted by molar-refractivity contribution is -0.173. The molecule has 0 saturated carbocycles. The average molecular weight is 294 g/mol. The van der Waals surface area contributed by atoms with E-state index in [-0.39, 0.29) is 6.61 Å². The van der Waals surface area contributed by atoms with E-state index in [1.165, 1.54) is 4.88 Å². The van der Waals surface area contributed by atoms with Crippen molar-refractivity contribution < 1.29 is 17.9 Å². The van der Waals surface area contributed by atoms with Gasteiger partial charge < -0.3 is 10.1 Å². The van der Waals surface area contributed by atoms with Crippen LogP contribution in [-0.2, 0) is 17.6 Å². The number of aromatic nitrogens is 1. The molecule has 0 spiro atoms. The zero-order valence-electron chi connectivity index (χ0n) is 10.7. The monoisotopic (exact) mass is 294 g/mol. The smallest absolute Gasteiger partial charge is 0.372 e. The van der Waals surface area contributed by atoms with E-state index in [9.17, 15) is 13.2 Å². The van der Waals surface area contributed by atoms with Crippen molar-refractivity contribution in [2.75, 3.05) is 20.3 Å². The first-order valence-electron chi connectivity index (χ1n) is 6.30. The van der Waals surface area contributed by atoms with E-state index in [0.717, 1.165) is 30.0 Å². The molecule has 19 heavy (non-hydrogen) atoms. The molecule has 0 radical (unpaired) electrons. The fraction of sp³-hybridized carbons (Fsp3) is 0.750. The van der Waals surface area contributed by atoms with Gasteiger partial charge in [-0.25, -0.2) is 4.98 Å². The molecule has 0 bridgehead atoms. The SMILES string of the molecule is CNC1CCCc2nc(CCOCC(F)(F)F)sc21. The van der Waals surface area contributed by atoms with Crippen molar-refractivity contribution in [3.63, 3.8) is 0 Å². The van der Waals surface area contributed by atoms with Gasteiger partial charge in [0.25, 0.3) is 0 Å². The Balaban J connectivity index is 1.87. The number of ether oxygens (including phenoxy) is 1. The molecule has 7 heteroatoms. The van der Waals surface area contributed by atoms with Crippen molar-refractivity contribution in [1.82, 2.24) is 10.3 Å². The molecule has 0 fully saturated rings. The van der Waals surface area contributed by atoms with Crippen LogP contribution in [-0.4, -0.2) is 31.4 Å². The summed E-state index contributed by atoms with van der Waals surface area (Å²) < 4.78 is 40.4. The third kappa shape index (κ3) is 4.15. The largest absolute Gasteiger partial charge is 0.411 e. The fourth-order valence-corrected chi connectivity index (χ4v) is 3.44. The van der Waals surface area contributed by atoms with Crippen LogP contribution >= 0.6 is 11.3 Å². The second kappa shape index (κ2) is 6.19. The van der Waals surface area contributed by atoms with E-state index in [0.29, 0.717) is 12.5 Å². The van der Waals surface area contributed by atoms with Gasteiger partial charge in [0, 0.05) is 17.3 Å². The quantitative estimate of drug-likeness (QED) is 0.848. The molecule has 2 rings (SSSR count). The molecule has 1 aromatic rings. The maximum atomic E-state index is 11.9. The number of alkyl halides is 3. The Morgan fingerprint density at radius 2 is 2.26 bits per heavy atom. The second-order valence-electron chi connectivity index (χ2n) is 4.57. The number of hydrogen-bond acceptors (Lipinski definition) is 4. The highest BCUT2D eigenvalue weighted by Crippen LogP contribution is 2.34. The van der Waals surface area contributed by atoms with Gasteiger partial charge in [0.1, 0.15) is 6.61 Å². The van der Waals surface area contributed by atoms with Gasteiger partial charge in [-0.3, -0.25) is 0 Å². The highest BCUT2D eigenvalue weighted by atomic mass is 32.1. The summed E-state index contributed by atoms with van der Waals surface area (Å²) in [5.41, 5.74) is 1.10. The number of aryl methyl sites for hydroxylation is 1. The minimum absolute atomic E-state index is 0.0656. The van der Waals surface area contributed by atoms with E-state index in [1.54, 1.807) is 11.3 Å². The van der Waals surface area contributed by atoms with Crippen molar-refractivity contribution in [3.8, 4) is 0 Å². The fourth-order valence-electron chi connectivity index (χ4n) is 2.20. The van der Waals surface area contributed by atoms with Crippen molar-refractivity contribution in [3.05, 3.63) is 15.6 Å². The van der Waals surface area contributed by atoms with Crippen molar-refractivity contribution in [2.45, 2.75) is 37.9 Å². The van der Waals surface area contributed by atoms with E-state index in [1.807, 2.05) is 7.05 Å². The van der Waals surface area contributed by atoms with Crippen LogP contribution in [0.1, 0.15) is 34.5 Å². The summed E-state index contributed by atoms with van der Waals surface area (Å²) in [5.74, 6) is 0. The molecular weight excluding hydrogens is 277 g/mol. The van der Waals surface area contributed by atoms with Gasteiger partial charge in [-0.15, -0.1) is 11.3 Å². The number of rotatable bonds is 5. The maximum Gasteiger partial charge on any atom is 0.411 e. The summed E-state index contributed by atoms with van der Waals surface area (Å²) >= 11 is 1.59. The van der Waals surface area contributed by atoms with E-state index in [2.05, 4.69) is 15.0 Å². The van der Waals surface area contributed by atoms with Crippen LogP contribution in [0.5, 0.6) is 0 Å². The number of hydrogen-bond donors (Lipinski definition) is 1. The minimum Gasteiger partial charge on any atom is -0.372 e. The molecule has 108 valence electrons. The molecule has 1 atom stereocenters. The molecule has 1 N–H and O–H groups in total. The van der Waals surface area contributed by atoms with Gasteiger partial charge in [0.05, 0.1) is 17.3 Å². The summed E-state index contributed by atoms with van der Waals surface area (Å²) in [4.78, 5) is 5.74. The van der Waals surface area contributed by atoms with Crippen LogP contribution in [0.3, 0.4) is 0 Å². The standard InChI is InChI=1S/C12H17F3N2OS/c1-16-8-3-2-4-9-11(8)19-10(17-9)5-6-18-7-12(13,14)15/h8,16H,2-7H2,1H3. The molecule has 0 saturated heterocycles. The minimum atomic E-state index is -4.25. The van der Waals surface area contributed by atoms with Crippen LogP contribution in [0.25, 0.3) is 0 Å². The Hall–Kier alpha value is -0.660. The molecule has 1 aliphatic rings. The van der Waals surface area contributed by atoms with Crippen molar-refractivity contribution in [2.24, 2.45) is 0 Å². The first-order valence-corrected chi connectivity index (χ1v) is 7.11. The zero-order valence-corrected chi connectivity index (χ0v) is 11.5. The van der Waals surface area contributed by atoms with Gasteiger partial charge in [0.2, 0.25) is 0 Å². The average Bonchev–Trinajstić information content (AvgIpc) is 2.76. The Kier molecular flexibility index (Phi) is 4.81. The van der Waals surface area contributed by atoms with E-state index < -0.39 is 12.8 Å². The number of thiazole rings is 1. The van der Waals surface area contributed by atoms with E-state index in [4.69, 9.17) is 0 Å². The van der Waals surface area contributed by atoms with Gasteiger partial charge in [0.15, 0.2) is 0 Å². The van der Waals surface area contributed by atoms with Crippen LogP contribution in [0, 0.1) is 0 Å². The predicted octanol–water partition coefficient (Wildman–Crippen LogP) is 2.86. The third-order valence-electron chi connectivity index (χ3n) is 3.07. The second-order valence-corrected chi connectivity index (χ2v) is 5.69. The van der Waals surface area contributed by atoms with Crippen LogP contribution < -0.4 is 5.32 Å². The number of nitrogens with zero attached hydrogens (tertiary/aromatic N) is 1. The van der Waals surface area contributed by atoms with Crippen LogP contribution in [0.2, 0.25) is 0 Å².